The number of ether oxygens (including phenoxy) is 1. The molecular weight excluding hydrogens is 298 g/mol. The average Bonchev–Trinajstić information content (AvgIpc) is 2.85. The molecule has 0 bridgehead atoms. The summed E-state index contributed by atoms with van der Waals surface area (Å²) in [7, 11) is 0. The Morgan fingerprint density at radius 3 is 2.71 bits per heavy atom. The molecule has 0 radical (unpaired) electrons. The van der Waals surface area contributed by atoms with E-state index in [4.69, 9.17) is 9.84 Å². The zero-order chi connectivity index (χ0) is 16.9. The number of aryl methyl sites for hydroxylation is 2. The Morgan fingerprint density at radius 2 is 2.00 bits per heavy atom. The van der Waals surface area contributed by atoms with E-state index in [1.165, 1.54) is 35.2 Å². The first-order valence-electron chi connectivity index (χ1n) is 9.00. The molecule has 2 heterocycles. The highest BCUT2D eigenvalue weighted by Gasteiger charge is 2.15. The normalized spacial score (nSPS) is 18.0. The van der Waals surface area contributed by atoms with Crippen molar-refractivity contribution in [3.05, 3.63) is 52.3 Å². The summed E-state index contributed by atoms with van der Waals surface area (Å²) in [6.07, 6.45) is 2.47. The monoisotopic (exact) mass is 327 g/mol. The van der Waals surface area contributed by atoms with Gasteiger partial charge >= 0.3 is 0 Å². The van der Waals surface area contributed by atoms with E-state index in [1.807, 2.05) is 0 Å². The summed E-state index contributed by atoms with van der Waals surface area (Å²) in [6, 6.07) is 8.70. The molecule has 1 aliphatic heterocycles. The first-order chi connectivity index (χ1) is 11.6. The maximum atomic E-state index is 5.55. The molecule has 4 nitrogen and oxygen atoms in total. The number of hydrogen-bond donors (Lipinski definition) is 1. The van der Waals surface area contributed by atoms with Gasteiger partial charge in [-0.25, -0.2) is 0 Å². The molecule has 0 saturated carbocycles. The van der Waals surface area contributed by atoms with Crippen molar-refractivity contribution in [2.24, 2.45) is 5.92 Å². The van der Waals surface area contributed by atoms with Crippen LogP contribution < -0.4 is 5.32 Å². The van der Waals surface area contributed by atoms with Crippen LogP contribution in [0.4, 0.5) is 0 Å². The van der Waals surface area contributed by atoms with E-state index in [2.05, 4.69) is 55.0 Å². The summed E-state index contributed by atoms with van der Waals surface area (Å²) in [5.41, 5.74) is 6.32. The van der Waals surface area contributed by atoms with Crippen molar-refractivity contribution < 1.29 is 4.74 Å². The Labute approximate surface area is 145 Å². The van der Waals surface area contributed by atoms with Gasteiger partial charge in [0.05, 0.1) is 18.8 Å². The van der Waals surface area contributed by atoms with Crippen molar-refractivity contribution in [3.63, 3.8) is 0 Å². The van der Waals surface area contributed by atoms with Crippen molar-refractivity contribution in [1.82, 2.24) is 15.1 Å². The number of hydrogen-bond acceptors (Lipinski definition) is 3. The lowest BCUT2D eigenvalue weighted by Gasteiger charge is -2.22. The third-order valence-corrected chi connectivity index (χ3v) is 4.97. The topological polar surface area (TPSA) is 39.1 Å². The van der Waals surface area contributed by atoms with Gasteiger partial charge in [-0.1, -0.05) is 29.8 Å². The SMILES string of the molecule is Cc1ccc(Cn2nc(C)c(CNCC3CCCOC3)c2C)cc1. The van der Waals surface area contributed by atoms with E-state index < -0.39 is 0 Å². The fraction of sp³-hybridized carbons (Fsp3) is 0.550. The fourth-order valence-electron chi connectivity index (χ4n) is 3.38. The van der Waals surface area contributed by atoms with Gasteiger partial charge in [-0.15, -0.1) is 0 Å². The number of benzene rings is 1. The van der Waals surface area contributed by atoms with Gasteiger partial charge in [-0.3, -0.25) is 4.68 Å². The quantitative estimate of drug-likeness (QED) is 0.884. The Hall–Kier alpha value is -1.65. The van der Waals surface area contributed by atoms with Crippen LogP contribution in [0, 0.1) is 26.7 Å². The predicted molar refractivity (Wildman–Crippen MR) is 97.2 cm³/mol. The van der Waals surface area contributed by atoms with Gasteiger partial charge < -0.3 is 10.1 Å². The minimum atomic E-state index is 0.655. The van der Waals surface area contributed by atoms with Crippen LogP contribution in [0.3, 0.4) is 0 Å². The summed E-state index contributed by atoms with van der Waals surface area (Å²) >= 11 is 0. The van der Waals surface area contributed by atoms with Gasteiger partial charge in [0, 0.05) is 31.0 Å². The molecule has 3 rings (SSSR count). The molecule has 1 saturated heterocycles. The van der Waals surface area contributed by atoms with Gasteiger partial charge in [-0.2, -0.15) is 5.10 Å². The van der Waals surface area contributed by atoms with E-state index in [9.17, 15) is 0 Å². The first-order valence-corrected chi connectivity index (χ1v) is 9.00. The third kappa shape index (κ3) is 4.25. The highest BCUT2D eigenvalue weighted by Crippen LogP contribution is 2.16. The molecule has 0 amide bonds. The minimum absolute atomic E-state index is 0.655. The molecule has 1 unspecified atom stereocenters. The van der Waals surface area contributed by atoms with Crippen LogP contribution in [0.2, 0.25) is 0 Å². The van der Waals surface area contributed by atoms with Crippen LogP contribution in [0.1, 0.15) is 40.9 Å². The molecule has 0 aliphatic carbocycles. The lowest BCUT2D eigenvalue weighted by Crippen LogP contribution is -2.29. The fourth-order valence-corrected chi connectivity index (χ4v) is 3.38. The summed E-state index contributed by atoms with van der Waals surface area (Å²) in [5.74, 6) is 0.655. The smallest absolute Gasteiger partial charge is 0.0662 e. The number of nitrogens with one attached hydrogen (secondary N) is 1. The van der Waals surface area contributed by atoms with Crippen molar-refractivity contribution in [3.8, 4) is 0 Å². The van der Waals surface area contributed by atoms with E-state index in [0.29, 0.717) is 5.92 Å². The van der Waals surface area contributed by atoms with Gasteiger partial charge in [0.25, 0.3) is 0 Å². The average molecular weight is 327 g/mol. The molecule has 2 aromatic rings. The standard InChI is InChI=1S/C20H29N3O/c1-15-6-8-18(9-7-15)13-23-17(3)20(16(2)22-23)12-21-11-19-5-4-10-24-14-19/h6-9,19,21H,4-5,10-14H2,1-3H3. The summed E-state index contributed by atoms with van der Waals surface area (Å²) in [6.45, 7) is 11.0. The summed E-state index contributed by atoms with van der Waals surface area (Å²) in [4.78, 5) is 0. The van der Waals surface area contributed by atoms with Gasteiger partial charge in [0.1, 0.15) is 0 Å². The number of rotatable bonds is 6. The second kappa shape index (κ2) is 7.95. The van der Waals surface area contributed by atoms with Crippen LogP contribution in [0.15, 0.2) is 24.3 Å². The Balaban J connectivity index is 1.59. The molecule has 1 aliphatic rings. The molecule has 1 fully saturated rings. The molecule has 1 atom stereocenters. The van der Waals surface area contributed by atoms with Crippen molar-refractivity contribution >= 4 is 0 Å². The Kier molecular flexibility index (Phi) is 5.69. The zero-order valence-corrected chi connectivity index (χ0v) is 15.1. The van der Waals surface area contributed by atoms with Crippen molar-refractivity contribution in [1.29, 1.82) is 0 Å². The van der Waals surface area contributed by atoms with Crippen LogP contribution in [0.5, 0.6) is 0 Å². The van der Waals surface area contributed by atoms with Gasteiger partial charge in [0.2, 0.25) is 0 Å². The highest BCUT2D eigenvalue weighted by molar-refractivity contribution is 5.27. The lowest BCUT2D eigenvalue weighted by atomic mass is 10.0. The molecule has 1 aromatic heterocycles. The maximum Gasteiger partial charge on any atom is 0.0662 e. The predicted octanol–water partition coefficient (Wildman–Crippen LogP) is 3.37. The van der Waals surface area contributed by atoms with Crippen LogP contribution >= 0.6 is 0 Å². The molecular formula is C20H29N3O. The molecule has 24 heavy (non-hydrogen) atoms. The highest BCUT2D eigenvalue weighted by atomic mass is 16.5. The third-order valence-electron chi connectivity index (χ3n) is 4.97. The van der Waals surface area contributed by atoms with Gasteiger partial charge in [0.15, 0.2) is 0 Å². The summed E-state index contributed by atoms with van der Waals surface area (Å²) in [5, 5.41) is 8.35. The Bertz CT molecular complexity index is 654. The van der Waals surface area contributed by atoms with E-state index in [1.54, 1.807) is 0 Å². The Morgan fingerprint density at radius 1 is 1.21 bits per heavy atom. The van der Waals surface area contributed by atoms with Crippen LogP contribution in [-0.2, 0) is 17.8 Å². The van der Waals surface area contributed by atoms with E-state index in [0.717, 1.165) is 38.5 Å². The van der Waals surface area contributed by atoms with Gasteiger partial charge in [-0.05, 0) is 45.1 Å². The molecule has 130 valence electrons. The summed E-state index contributed by atoms with van der Waals surface area (Å²) < 4.78 is 7.68. The molecule has 1 aromatic carbocycles. The number of aromatic nitrogens is 2. The van der Waals surface area contributed by atoms with Crippen molar-refractivity contribution in [2.45, 2.75) is 46.7 Å². The van der Waals surface area contributed by atoms with E-state index >= 15 is 0 Å². The van der Waals surface area contributed by atoms with E-state index in [-0.39, 0.29) is 0 Å². The molecule has 4 heteroatoms. The maximum absolute atomic E-state index is 5.55. The molecule has 0 spiro atoms. The molecule has 1 N–H and O–H groups in total. The zero-order valence-electron chi connectivity index (χ0n) is 15.1. The van der Waals surface area contributed by atoms with Crippen LogP contribution in [-0.4, -0.2) is 29.5 Å². The van der Waals surface area contributed by atoms with Crippen LogP contribution in [0.25, 0.3) is 0 Å². The largest absolute Gasteiger partial charge is 0.381 e. The lowest BCUT2D eigenvalue weighted by molar-refractivity contribution is 0.0547. The second-order valence-electron chi connectivity index (χ2n) is 7.01. The first kappa shape index (κ1) is 17.2. The minimum Gasteiger partial charge on any atom is -0.381 e. The number of nitrogens with zero attached hydrogens (tertiary/aromatic N) is 2. The second-order valence-corrected chi connectivity index (χ2v) is 7.01. The van der Waals surface area contributed by atoms with Crippen molar-refractivity contribution in [2.75, 3.05) is 19.8 Å².